The molecule has 0 spiro atoms. The van der Waals surface area contributed by atoms with Gasteiger partial charge in [-0.1, -0.05) is 61.2 Å². The average molecular weight is 419 g/mol. The molecular formula is C26H27FN2O2. The molecule has 1 aromatic heterocycles. The number of hydrogen-bond donors (Lipinski definition) is 1. The average Bonchev–Trinajstić information content (AvgIpc) is 2.78. The summed E-state index contributed by atoms with van der Waals surface area (Å²) in [6.07, 6.45) is 11.0. The SMILES string of the molecule is C=CCOc1ncc(-c2ccc(-c3ccc(/C=C/CCCC(C)O)c(F)c3)cc2)cn1. The molecule has 1 heterocycles. The van der Waals surface area contributed by atoms with Crippen LogP contribution in [0.25, 0.3) is 28.3 Å². The second kappa shape index (κ2) is 11.2. The molecule has 0 fully saturated rings. The smallest absolute Gasteiger partial charge is 0.316 e. The van der Waals surface area contributed by atoms with Gasteiger partial charge in [0.25, 0.3) is 0 Å². The van der Waals surface area contributed by atoms with E-state index >= 15 is 0 Å². The first-order valence-electron chi connectivity index (χ1n) is 10.4. The van der Waals surface area contributed by atoms with Gasteiger partial charge in [0.15, 0.2) is 0 Å². The summed E-state index contributed by atoms with van der Waals surface area (Å²) in [7, 11) is 0. The molecule has 160 valence electrons. The first-order chi connectivity index (χ1) is 15.1. The third-order valence-corrected chi connectivity index (χ3v) is 4.80. The van der Waals surface area contributed by atoms with Crippen LogP contribution in [0.1, 0.15) is 31.7 Å². The topological polar surface area (TPSA) is 55.2 Å². The maximum atomic E-state index is 14.5. The van der Waals surface area contributed by atoms with Crippen molar-refractivity contribution in [2.45, 2.75) is 32.3 Å². The summed E-state index contributed by atoms with van der Waals surface area (Å²) in [6, 6.07) is 13.4. The summed E-state index contributed by atoms with van der Waals surface area (Å²) in [6.45, 7) is 5.73. The molecule has 31 heavy (non-hydrogen) atoms. The molecule has 3 aromatic rings. The van der Waals surface area contributed by atoms with Gasteiger partial charge in [-0.25, -0.2) is 14.4 Å². The van der Waals surface area contributed by atoms with Crippen molar-refractivity contribution in [1.82, 2.24) is 9.97 Å². The highest BCUT2D eigenvalue weighted by Crippen LogP contribution is 2.26. The van der Waals surface area contributed by atoms with Gasteiger partial charge in [0, 0.05) is 23.5 Å². The summed E-state index contributed by atoms with van der Waals surface area (Å²) in [5, 5.41) is 9.27. The Hall–Kier alpha value is -3.31. The normalized spacial score (nSPS) is 12.1. The van der Waals surface area contributed by atoms with Gasteiger partial charge in [0.05, 0.1) is 6.10 Å². The summed E-state index contributed by atoms with van der Waals surface area (Å²) in [5.41, 5.74) is 4.16. The van der Waals surface area contributed by atoms with Crippen LogP contribution < -0.4 is 4.74 Å². The number of halogens is 1. The second-order valence-corrected chi connectivity index (χ2v) is 7.35. The molecule has 1 atom stereocenters. The molecule has 0 radical (unpaired) electrons. The van der Waals surface area contributed by atoms with Gasteiger partial charge < -0.3 is 9.84 Å². The molecule has 0 amide bonds. The van der Waals surface area contributed by atoms with Gasteiger partial charge in [-0.2, -0.15) is 0 Å². The lowest BCUT2D eigenvalue weighted by Gasteiger charge is -2.07. The van der Waals surface area contributed by atoms with Crippen LogP contribution in [0.4, 0.5) is 4.39 Å². The largest absolute Gasteiger partial charge is 0.459 e. The van der Waals surface area contributed by atoms with Crippen molar-refractivity contribution in [2.75, 3.05) is 6.61 Å². The number of aliphatic hydroxyl groups excluding tert-OH is 1. The molecule has 1 N–H and O–H groups in total. The number of unbranched alkanes of at least 4 members (excludes halogenated alkanes) is 1. The van der Waals surface area contributed by atoms with E-state index in [-0.39, 0.29) is 11.9 Å². The van der Waals surface area contributed by atoms with E-state index in [0.29, 0.717) is 18.2 Å². The first kappa shape index (κ1) is 22.4. The van der Waals surface area contributed by atoms with Gasteiger partial charge in [-0.05, 0) is 48.9 Å². The molecular weight excluding hydrogens is 391 g/mol. The number of ether oxygens (including phenoxy) is 1. The molecule has 4 nitrogen and oxygen atoms in total. The van der Waals surface area contributed by atoms with Crippen LogP contribution in [0, 0.1) is 5.82 Å². The lowest BCUT2D eigenvalue weighted by atomic mass is 10.00. The molecule has 0 aliphatic rings. The summed E-state index contributed by atoms with van der Waals surface area (Å²) < 4.78 is 19.8. The highest BCUT2D eigenvalue weighted by molar-refractivity contribution is 5.70. The Labute approximate surface area is 182 Å². The number of rotatable bonds is 10. The van der Waals surface area contributed by atoms with Gasteiger partial charge >= 0.3 is 6.01 Å². The van der Waals surface area contributed by atoms with E-state index in [1.54, 1.807) is 43.6 Å². The van der Waals surface area contributed by atoms with Crippen molar-refractivity contribution in [1.29, 1.82) is 0 Å². The standard InChI is InChI=1S/C26H27FN2O2/c1-3-15-31-26-28-17-24(18-29-26)21-11-9-20(10-12-21)23-14-13-22(25(27)16-23)8-6-4-5-7-19(2)30/h3,6,8-14,16-19,30H,1,4-5,7,15H2,2H3/b8-6+. The fraction of sp³-hybridized carbons (Fsp3) is 0.231. The molecule has 0 saturated carbocycles. The van der Waals surface area contributed by atoms with Crippen molar-refractivity contribution in [3.05, 3.63) is 85.0 Å². The highest BCUT2D eigenvalue weighted by Gasteiger charge is 2.06. The van der Waals surface area contributed by atoms with E-state index in [1.807, 2.05) is 36.4 Å². The molecule has 0 saturated heterocycles. The molecule has 0 aliphatic heterocycles. The van der Waals surface area contributed by atoms with Gasteiger partial charge in [-0.3, -0.25) is 0 Å². The van der Waals surface area contributed by atoms with Crippen LogP contribution in [-0.2, 0) is 0 Å². The van der Waals surface area contributed by atoms with E-state index in [1.165, 1.54) is 0 Å². The van der Waals surface area contributed by atoms with Crippen molar-refractivity contribution < 1.29 is 14.2 Å². The van der Waals surface area contributed by atoms with Crippen molar-refractivity contribution in [3.63, 3.8) is 0 Å². The lowest BCUT2D eigenvalue weighted by Crippen LogP contribution is -1.97. The summed E-state index contributed by atoms with van der Waals surface area (Å²) >= 11 is 0. The van der Waals surface area contributed by atoms with Gasteiger partial charge in [0.2, 0.25) is 0 Å². The highest BCUT2D eigenvalue weighted by atomic mass is 19.1. The number of allylic oxidation sites excluding steroid dienone is 1. The van der Waals surface area contributed by atoms with E-state index in [9.17, 15) is 9.50 Å². The van der Waals surface area contributed by atoms with Crippen LogP contribution in [0.3, 0.4) is 0 Å². The first-order valence-corrected chi connectivity index (χ1v) is 10.4. The Morgan fingerprint density at radius 1 is 1.03 bits per heavy atom. The zero-order chi connectivity index (χ0) is 22.1. The van der Waals surface area contributed by atoms with E-state index in [0.717, 1.165) is 41.5 Å². The maximum Gasteiger partial charge on any atom is 0.316 e. The molecule has 0 bridgehead atoms. The van der Waals surface area contributed by atoms with Crippen LogP contribution >= 0.6 is 0 Å². The monoisotopic (exact) mass is 418 g/mol. The maximum absolute atomic E-state index is 14.5. The van der Waals surface area contributed by atoms with E-state index in [2.05, 4.69) is 16.5 Å². The number of aliphatic hydroxyl groups is 1. The third-order valence-electron chi connectivity index (χ3n) is 4.80. The minimum absolute atomic E-state index is 0.253. The molecule has 3 rings (SSSR count). The molecule has 0 aliphatic carbocycles. The Balaban J connectivity index is 1.66. The Morgan fingerprint density at radius 2 is 1.68 bits per heavy atom. The minimum atomic E-state index is -0.293. The second-order valence-electron chi connectivity index (χ2n) is 7.35. The Morgan fingerprint density at radius 3 is 2.29 bits per heavy atom. The van der Waals surface area contributed by atoms with Gasteiger partial charge in [0.1, 0.15) is 12.4 Å². The fourth-order valence-electron chi connectivity index (χ4n) is 3.11. The predicted molar refractivity (Wildman–Crippen MR) is 123 cm³/mol. The van der Waals surface area contributed by atoms with Crippen LogP contribution in [0.2, 0.25) is 0 Å². The number of aromatic nitrogens is 2. The quantitative estimate of drug-likeness (QED) is 0.320. The zero-order valence-corrected chi connectivity index (χ0v) is 17.7. The molecule has 1 unspecified atom stereocenters. The van der Waals surface area contributed by atoms with Crippen LogP contribution in [-0.4, -0.2) is 27.8 Å². The number of benzene rings is 2. The summed E-state index contributed by atoms with van der Waals surface area (Å²) in [4.78, 5) is 8.38. The zero-order valence-electron chi connectivity index (χ0n) is 17.7. The van der Waals surface area contributed by atoms with Crippen molar-refractivity contribution >= 4 is 6.08 Å². The van der Waals surface area contributed by atoms with Crippen LogP contribution in [0.5, 0.6) is 6.01 Å². The molecule has 2 aromatic carbocycles. The van der Waals surface area contributed by atoms with E-state index < -0.39 is 0 Å². The van der Waals surface area contributed by atoms with Crippen LogP contribution in [0.15, 0.2) is 73.6 Å². The Kier molecular flexibility index (Phi) is 8.07. The van der Waals surface area contributed by atoms with Crippen molar-refractivity contribution in [3.8, 4) is 28.3 Å². The minimum Gasteiger partial charge on any atom is -0.459 e. The number of nitrogens with zero attached hydrogens (tertiary/aromatic N) is 2. The molecule has 5 heteroatoms. The van der Waals surface area contributed by atoms with Gasteiger partial charge in [-0.15, -0.1) is 0 Å². The predicted octanol–water partition coefficient (Wildman–Crippen LogP) is 6.08. The lowest BCUT2D eigenvalue weighted by molar-refractivity contribution is 0.182. The summed E-state index contributed by atoms with van der Waals surface area (Å²) in [5.74, 6) is -0.253. The number of hydrogen-bond acceptors (Lipinski definition) is 4. The fourth-order valence-corrected chi connectivity index (χ4v) is 3.11. The van der Waals surface area contributed by atoms with E-state index in [4.69, 9.17) is 4.74 Å². The van der Waals surface area contributed by atoms with Crippen molar-refractivity contribution in [2.24, 2.45) is 0 Å². The Bertz CT molecular complexity index is 1010. The third kappa shape index (κ3) is 6.59.